The second-order valence-corrected chi connectivity index (χ2v) is 2.78. The highest BCUT2D eigenvalue weighted by molar-refractivity contribution is 5.72. The summed E-state index contributed by atoms with van der Waals surface area (Å²) in [5.41, 5.74) is 0. The number of carbonyl (C=O) groups excluding carboxylic acids is 1. The van der Waals surface area contributed by atoms with Gasteiger partial charge < -0.3 is 14.6 Å². The predicted molar refractivity (Wildman–Crippen MR) is 55.9 cm³/mol. The van der Waals surface area contributed by atoms with Gasteiger partial charge >= 0.3 is 0 Å². The van der Waals surface area contributed by atoms with Crippen LogP contribution in [0.3, 0.4) is 0 Å². The Balaban J connectivity index is -0.000000117. The van der Waals surface area contributed by atoms with Crippen molar-refractivity contribution < 1.29 is 14.6 Å². The number of ketones is 1. The molecule has 0 aliphatic carbocycles. The molecule has 0 aromatic rings. The van der Waals surface area contributed by atoms with E-state index in [0.717, 1.165) is 13.2 Å². The van der Waals surface area contributed by atoms with Crippen molar-refractivity contribution >= 4 is 5.78 Å². The molecule has 0 amide bonds. The summed E-state index contributed by atoms with van der Waals surface area (Å²) in [6.45, 7) is 12.2. The first-order valence-electron chi connectivity index (χ1n) is 4.61. The van der Waals surface area contributed by atoms with Crippen molar-refractivity contribution in [2.75, 3.05) is 13.2 Å². The summed E-state index contributed by atoms with van der Waals surface area (Å²) < 4.78 is 4.83. The van der Waals surface area contributed by atoms with E-state index in [1.807, 2.05) is 13.8 Å². The fourth-order valence-electron chi connectivity index (χ4n) is 0.204. The lowest BCUT2D eigenvalue weighted by Gasteiger charge is -1.86. The van der Waals surface area contributed by atoms with Gasteiger partial charge in [-0.2, -0.15) is 0 Å². The highest BCUT2D eigenvalue weighted by Crippen LogP contribution is 1.65. The SMILES string of the molecule is CC(C)=O.CC(C)O.CCOCC. The number of rotatable bonds is 2. The van der Waals surface area contributed by atoms with E-state index in [0.29, 0.717) is 0 Å². The molecule has 0 aliphatic heterocycles. The zero-order valence-corrected chi connectivity index (χ0v) is 9.76. The van der Waals surface area contributed by atoms with Crippen molar-refractivity contribution in [2.45, 2.75) is 47.6 Å². The van der Waals surface area contributed by atoms with Crippen LogP contribution in [0.1, 0.15) is 41.5 Å². The van der Waals surface area contributed by atoms with Gasteiger partial charge in [0.1, 0.15) is 5.78 Å². The summed E-state index contributed by atoms with van der Waals surface area (Å²) in [6.07, 6.45) is -0.167. The molecule has 0 aliphatic rings. The van der Waals surface area contributed by atoms with Crippen molar-refractivity contribution in [3.8, 4) is 0 Å². The number of carbonyl (C=O) groups is 1. The van der Waals surface area contributed by atoms with Crippen LogP contribution in [0.2, 0.25) is 0 Å². The van der Waals surface area contributed by atoms with Gasteiger partial charge in [0.05, 0.1) is 0 Å². The van der Waals surface area contributed by atoms with Crippen LogP contribution < -0.4 is 0 Å². The van der Waals surface area contributed by atoms with Gasteiger partial charge in [-0.3, -0.25) is 0 Å². The fraction of sp³-hybridized carbons (Fsp3) is 0.900. The van der Waals surface area contributed by atoms with E-state index in [1.165, 1.54) is 13.8 Å². The standard InChI is InChI=1S/C4H10O.C3H8O.C3H6O/c1-3-5-4-2;2*1-3(2)4/h3-4H2,1-2H3;3-4H,1-2H3;1-2H3. The van der Waals surface area contributed by atoms with Crippen LogP contribution in [0, 0.1) is 0 Å². The molecule has 0 fully saturated rings. The minimum atomic E-state index is -0.167. The second kappa shape index (κ2) is 17.6. The molecule has 0 saturated heterocycles. The molecule has 13 heavy (non-hydrogen) atoms. The molecule has 0 spiro atoms. The Morgan fingerprint density at radius 3 is 1.38 bits per heavy atom. The number of hydrogen-bond acceptors (Lipinski definition) is 3. The smallest absolute Gasteiger partial charge is 0.126 e. The molecule has 0 atom stereocenters. The van der Waals surface area contributed by atoms with Crippen LogP contribution in [0.15, 0.2) is 0 Å². The predicted octanol–water partition coefficient (Wildman–Crippen LogP) is 2.03. The number of aliphatic hydroxyl groups excluding tert-OH is 1. The van der Waals surface area contributed by atoms with Crippen molar-refractivity contribution in [1.29, 1.82) is 0 Å². The molecule has 3 nitrogen and oxygen atoms in total. The third-order valence-electron chi connectivity index (χ3n) is 0.408. The van der Waals surface area contributed by atoms with Crippen molar-refractivity contribution in [2.24, 2.45) is 0 Å². The third-order valence-corrected chi connectivity index (χ3v) is 0.408. The van der Waals surface area contributed by atoms with Crippen molar-refractivity contribution in [1.82, 2.24) is 0 Å². The Labute approximate surface area is 82.1 Å². The van der Waals surface area contributed by atoms with Gasteiger partial charge in [0.15, 0.2) is 0 Å². The summed E-state index contributed by atoms with van der Waals surface area (Å²) in [7, 11) is 0. The average Bonchev–Trinajstić information content (AvgIpc) is 1.86. The average molecular weight is 192 g/mol. The number of hydrogen-bond donors (Lipinski definition) is 1. The lowest BCUT2D eigenvalue weighted by atomic mass is 10.5. The van der Waals surface area contributed by atoms with E-state index in [9.17, 15) is 4.79 Å². The molecule has 0 bridgehead atoms. The molecular weight excluding hydrogens is 168 g/mol. The summed E-state index contributed by atoms with van der Waals surface area (Å²) in [5.74, 6) is 0.167. The summed E-state index contributed by atoms with van der Waals surface area (Å²) in [6, 6.07) is 0. The van der Waals surface area contributed by atoms with E-state index in [-0.39, 0.29) is 11.9 Å². The van der Waals surface area contributed by atoms with Gasteiger partial charge in [0.25, 0.3) is 0 Å². The molecule has 0 aromatic carbocycles. The lowest BCUT2D eigenvalue weighted by Crippen LogP contribution is -1.85. The Hall–Kier alpha value is -0.410. The highest BCUT2D eigenvalue weighted by atomic mass is 16.5. The molecule has 0 heterocycles. The van der Waals surface area contributed by atoms with Crippen LogP contribution in [-0.2, 0) is 9.53 Å². The van der Waals surface area contributed by atoms with Crippen LogP contribution in [0.4, 0.5) is 0 Å². The third kappa shape index (κ3) is 422. The Kier molecular flexibility index (Phi) is 24.9. The monoisotopic (exact) mass is 192 g/mol. The first kappa shape index (κ1) is 18.4. The maximum absolute atomic E-state index is 9.44. The number of aliphatic hydroxyl groups is 1. The molecule has 82 valence electrons. The Morgan fingerprint density at radius 1 is 1.23 bits per heavy atom. The van der Waals surface area contributed by atoms with Gasteiger partial charge in [0, 0.05) is 19.3 Å². The van der Waals surface area contributed by atoms with E-state index < -0.39 is 0 Å². The number of Topliss-reactive ketones (excluding diaryl/α,β-unsaturated/α-hetero) is 1. The minimum absolute atomic E-state index is 0.167. The Morgan fingerprint density at radius 2 is 1.38 bits per heavy atom. The van der Waals surface area contributed by atoms with E-state index in [1.54, 1.807) is 13.8 Å². The molecular formula is C10H24O3. The van der Waals surface area contributed by atoms with Crippen molar-refractivity contribution in [3.63, 3.8) is 0 Å². The van der Waals surface area contributed by atoms with Crippen LogP contribution in [0.5, 0.6) is 0 Å². The molecule has 0 radical (unpaired) electrons. The first-order chi connectivity index (χ1) is 5.88. The van der Waals surface area contributed by atoms with E-state index in [4.69, 9.17) is 9.84 Å². The lowest BCUT2D eigenvalue weighted by molar-refractivity contribution is -0.114. The maximum atomic E-state index is 9.44. The summed E-state index contributed by atoms with van der Waals surface area (Å²) in [4.78, 5) is 9.44. The van der Waals surface area contributed by atoms with Crippen LogP contribution in [0.25, 0.3) is 0 Å². The molecule has 3 heteroatoms. The zero-order chi connectivity index (χ0) is 11.3. The molecule has 0 saturated carbocycles. The quantitative estimate of drug-likeness (QED) is 0.728. The molecule has 1 N–H and O–H groups in total. The minimum Gasteiger partial charge on any atom is -0.394 e. The normalized spacial score (nSPS) is 8.00. The Bertz CT molecular complexity index is 81.4. The topological polar surface area (TPSA) is 46.5 Å². The van der Waals surface area contributed by atoms with Crippen molar-refractivity contribution in [3.05, 3.63) is 0 Å². The molecule has 0 aromatic heterocycles. The summed E-state index contributed by atoms with van der Waals surface area (Å²) >= 11 is 0. The second-order valence-electron chi connectivity index (χ2n) is 2.78. The van der Waals surface area contributed by atoms with E-state index >= 15 is 0 Å². The molecule has 0 unspecified atom stereocenters. The highest BCUT2D eigenvalue weighted by Gasteiger charge is 1.69. The van der Waals surface area contributed by atoms with Gasteiger partial charge in [-0.25, -0.2) is 0 Å². The van der Waals surface area contributed by atoms with E-state index in [2.05, 4.69) is 0 Å². The van der Waals surface area contributed by atoms with Gasteiger partial charge in [0.2, 0.25) is 0 Å². The fourth-order valence-corrected chi connectivity index (χ4v) is 0.204. The number of ether oxygens (including phenoxy) is 1. The van der Waals surface area contributed by atoms with Crippen LogP contribution in [-0.4, -0.2) is 30.2 Å². The van der Waals surface area contributed by atoms with Crippen LogP contribution >= 0.6 is 0 Å². The largest absolute Gasteiger partial charge is 0.394 e. The first-order valence-corrected chi connectivity index (χ1v) is 4.61. The molecule has 0 rings (SSSR count). The maximum Gasteiger partial charge on any atom is 0.126 e. The van der Waals surface area contributed by atoms with Gasteiger partial charge in [-0.05, 0) is 41.5 Å². The van der Waals surface area contributed by atoms with Gasteiger partial charge in [-0.15, -0.1) is 0 Å². The summed E-state index contributed by atoms with van der Waals surface area (Å²) in [5, 5.41) is 8.06. The zero-order valence-electron chi connectivity index (χ0n) is 9.76. The van der Waals surface area contributed by atoms with Gasteiger partial charge in [-0.1, -0.05) is 0 Å².